The minimum absolute atomic E-state index is 0.0414. The predicted octanol–water partition coefficient (Wildman–Crippen LogP) is 4.77. The van der Waals surface area contributed by atoms with Crippen LogP contribution in [0.4, 0.5) is 0 Å². The van der Waals surface area contributed by atoms with Crippen LogP contribution in [0.1, 0.15) is 16.8 Å². The summed E-state index contributed by atoms with van der Waals surface area (Å²) in [5.74, 6) is 0.668. The van der Waals surface area contributed by atoms with Gasteiger partial charge in [-0.25, -0.2) is 4.98 Å². The van der Waals surface area contributed by atoms with Gasteiger partial charge in [-0.2, -0.15) is 0 Å². The van der Waals surface area contributed by atoms with Gasteiger partial charge in [0.05, 0.1) is 21.8 Å². The van der Waals surface area contributed by atoms with Crippen LogP contribution < -0.4 is 5.56 Å². The predicted molar refractivity (Wildman–Crippen MR) is 121 cm³/mol. The fraction of sp³-hybridized carbons (Fsp3) is 0.174. The van der Waals surface area contributed by atoms with E-state index >= 15 is 0 Å². The van der Waals surface area contributed by atoms with Crippen LogP contribution in [0, 0.1) is 0 Å². The summed E-state index contributed by atoms with van der Waals surface area (Å²) < 4.78 is 0. The van der Waals surface area contributed by atoms with E-state index in [1.165, 1.54) is 0 Å². The maximum Gasteiger partial charge on any atom is 0.255 e. The molecule has 4 aromatic rings. The zero-order valence-electron chi connectivity index (χ0n) is 16.1. The fourth-order valence-corrected chi connectivity index (χ4v) is 4.65. The molecule has 0 fully saturated rings. The Kier molecular flexibility index (Phi) is 5.21. The van der Waals surface area contributed by atoms with Crippen molar-refractivity contribution in [3.8, 4) is 22.0 Å². The molecule has 150 valence electrons. The first kappa shape index (κ1) is 19.2. The molecule has 1 N–H and O–H groups in total. The molecule has 1 aromatic carbocycles. The maximum atomic E-state index is 12.7. The van der Waals surface area contributed by atoms with Gasteiger partial charge in [0.2, 0.25) is 0 Å². The minimum Gasteiger partial charge on any atom is -0.306 e. The van der Waals surface area contributed by atoms with E-state index in [2.05, 4.69) is 20.9 Å². The molecule has 1 aliphatic rings. The first-order chi connectivity index (χ1) is 14.7. The monoisotopic (exact) mass is 434 g/mol. The Bertz CT molecular complexity index is 1240. The molecular weight excluding hydrogens is 416 g/mol. The van der Waals surface area contributed by atoms with Crippen LogP contribution in [0.2, 0.25) is 5.02 Å². The third-order valence-electron chi connectivity index (χ3n) is 5.28. The van der Waals surface area contributed by atoms with Gasteiger partial charge in [0, 0.05) is 42.8 Å². The van der Waals surface area contributed by atoms with Crippen LogP contribution >= 0.6 is 22.9 Å². The summed E-state index contributed by atoms with van der Waals surface area (Å²) in [7, 11) is 0. The summed E-state index contributed by atoms with van der Waals surface area (Å²) in [5.41, 5.74) is 4.52. The molecule has 0 aliphatic carbocycles. The number of benzene rings is 1. The Labute approximate surface area is 183 Å². The van der Waals surface area contributed by atoms with Crippen LogP contribution in [0.3, 0.4) is 0 Å². The van der Waals surface area contributed by atoms with Crippen molar-refractivity contribution in [3.63, 3.8) is 0 Å². The number of aromatic amines is 1. The number of aromatic nitrogens is 3. The molecule has 0 spiro atoms. The number of rotatable bonds is 4. The number of nitrogens with zero attached hydrogens (tertiary/aromatic N) is 3. The molecule has 30 heavy (non-hydrogen) atoms. The maximum absolute atomic E-state index is 12.7. The first-order valence-electron chi connectivity index (χ1n) is 9.75. The van der Waals surface area contributed by atoms with Crippen molar-refractivity contribution in [2.24, 2.45) is 0 Å². The number of hydrogen-bond donors (Lipinski definition) is 1. The summed E-state index contributed by atoms with van der Waals surface area (Å²) >= 11 is 7.85. The average molecular weight is 435 g/mol. The number of nitrogens with one attached hydrogen (secondary N) is 1. The van der Waals surface area contributed by atoms with Gasteiger partial charge < -0.3 is 4.98 Å². The Balaban J connectivity index is 1.32. The molecule has 0 saturated heterocycles. The number of hydrogen-bond acceptors (Lipinski definition) is 5. The average Bonchev–Trinajstić information content (AvgIpc) is 3.30. The van der Waals surface area contributed by atoms with Crippen molar-refractivity contribution in [2.45, 2.75) is 19.5 Å². The zero-order valence-corrected chi connectivity index (χ0v) is 17.7. The van der Waals surface area contributed by atoms with Gasteiger partial charge in [0.15, 0.2) is 5.82 Å². The summed E-state index contributed by atoms with van der Waals surface area (Å²) in [6.45, 7) is 2.19. The van der Waals surface area contributed by atoms with Crippen LogP contribution in [0.25, 0.3) is 22.0 Å². The van der Waals surface area contributed by atoms with Crippen molar-refractivity contribution < 1.29 is 0 Å². The molecule has 5 nitrogen and oxygen atoms in total. The highest BCUT2D eigenvalue weighted by atomic mass is 35.5. The molecule has 1 aliphatic heterocycles. The summed E-state index contributed by atoms with van der Waals surface area (Å²) in [5, 5.41) is 2.68. The molecule has 0 unspecified atom stereocenters. The Morgan fingerprint density at radius 1 is 1.13 bits per heavy atom. The molecule has 0 atom stereocenters. The zero-order chi connectivity index (χ0) is 20.5. The third kappa shape index (κ3) is 3.81. The SMILES string of the molecule is O=c1[nH]c(-c2cccs2)nc2c1CN(Cc1ccc(-c3ccccc3Cl)nc1)CC2. The van der Waals surface area contributed by atoms with Crippen molar-refractivity contribution in [1.82, 2.24) is 19.9 Å². The first-order valence-corrected chi connectivity index (χ1v) is 11.0. The molecule has 4 heterocycles. The van der Waals surface area contributed by atoms with Gasteiger partial charge >= 0.3 is 0 Å². The smallest absolute Gasteiger partial charge is 0.255 e. The lowest BCUT2D eigenvalue weighted by Crippen LogP contribution is -2.35. The number of thiophene rings is 1. The second kappa shape index (κ2) is 8.14. The molecule has 0 bridgehead atoms. The van der Waals surface area contributed by atoms with E-state index in [0.717, 1.165) is 52.5 Å². The highest BCUT2D eigenvalue weighted by molar-refractivity contribution is 7.13. The Hall–Kier alpha value is -2.80. The lowest BCUT2D eigenvalue weighted by atomic mass is 10.1. The highest BCUT2D eigenvalue weighted by Crippen LogP contribution is 2.26. The van der Waals surface area contributed by atoms with Gasteiger partial charge in [-0.05, 0) is 29.1 Å². The quantitative estimate of drug-likeness (QED) is 0.502. The van der Waals surface area contributed by atoms with Crippen LogP contribution in [-0.2, 0) is 19.5 Å². The Morgan fingerprint density at radius 2 is 2.03 bits per heavy atom. The molecule has 7 heteroatoms. The Morgan fingerprint density at radius 3 is 2.80 bits per heavy atom. The van der Waals surface area contributed by atoms with E-state index in [9.17, 15) is 4.79 Å². The lowest BCUT2D eigenvalue weighted by molar-refractivity contribution is 0.241. The van der Waals surface area contributed by atoms with E-state index in [-0.39, 0.29) is 5.56 Å². The minimum atomic E-state index is -0.0414. The van der Waals surface area contributed by atoms with Gasteiger partial charge in [-0.15, -0.1) is 11.3 Å². The van der Waals surface area contributed by atoms with Gasteiger partial charge in [0.25, 0.3) is 5.56 Å². The summed E-state index contributed by atoms with van der Waals surface area (Å²) in [6, 6.07) is 15.7. The fourth-order valence-electron chi connectivity index (χ4n) is 3.75. The van der Waals surface area contributed by atoms with Crippen molar-refractivity contribution in [1.29, 1.82) is 0 Å². The van der Waals surface area contributed by atoms with E-state index < -0.39 is 0 Å². The molecular formula is C23H19ClN4OS. The van der Waals surface area contributed by atoms with Crippen LogP contribution in [-0.4, -0.2) is 26.4 Å². The van der Waals surface area contributed by atoms with Gasteiger partial charge in [0.1, 0.15) is 0 Å². The van der Waals surface area contributed by atoms with Crippen molar-refractivity contribution in [2.75, 3.05) is 6.54 Å². The van der Waals surface area contributed by atoms with E-state index in [4.69, 9.17) is 16.6 Å². The second-order valence-corrected chi connectivity index (χ2v) is 8.66. The van der Waals surface area contributed by atoms with Crippen molar-refractivity contribution >= 4 is 22.9 Å². The number of H-pyrrole nitrogens is 1. The summed E-state index contributed by atoms with van der Waals surface area (Å²) in [6.07, 6.45) is 2.65. The highest BCUT2D eigenvalue weighted by Gasteiger charge is 2.22. The van der Waals surface area contributed by atoms with Crippen molar-refractivity contribution in [3.05, 3.63) is 92.3 Å². The number of pyridine rings is 1. The molecule has 5 rings (SSSR count). The van der Waals surface area contributed by atoms with Gasteiger partial charge in [-0.1, -0.05) is 41.9 Å². The number of fused-ring (bicyclic) bond motifs is 1. The third-order valence-corrected chi connectivity index (χ3v) is 6.49. The largest absolute Gasteiger partial charge is 0.306 e. The van der Waals surface area contributed by atoms with Gasteiger partial charge in [-0.3, -0.25) is 14.7 Å². The standard InChI is InChI=1S/C23H19ClN4OS/c24-18-5-2-1-4-16(18)19-8-7-15(12-25-19)13-28-10-9-20-17(14-28)23(29)27-22(26-20)21-6-3-11-30-21/h1-8,11-12H,9-10,13-14H2,(H,26,27,29). The van der Waals surface area contributed by atoms with E-state index in [1.54, 1.807) is 11.3 Å². The normalized spacial score (nSPS) is 13.9. The second-order valence-electron chi connectivity index (χ2n) is 7.31. The topological polar surface area (TPSA) is 61.9 Å². The molecule has 3 aromatic heterocycles. The molecule has 0 radical (unpaired) electrons. The van der Waals surface area contributed by atoms with Crippen LogP contribution in [0.15, 0.2) is 64.9 Å². The van der Waals surface area contributed by atoms with Crippen LogP contribution in [0.5, 0.6) is 0 Å². The molecule has 0 saturated carbocycles. The van der Waals surface area contributed by atoms with E-state index in [1.807, 2.05) is 54.0 Å². The molecule has 0 amide bonds. The van der Waals surface area contributed by atoms with E-state index in [0.29, 0.717) is 17.4 Å². The number of halogens is 1. The lowest BCUT2D eigenvalue weighted by Gasteiger charge is -2.27. The summed E-state index contributed by atoms with van der Waals surface area (Å²) in [4.78, 5) is 28.2.